The maximum Gasteiger partial charge on any atom is 0.239 e. The number of aromatic nitrogens is 1. The molecule has 3 N–H and O–H groups in total. The van der Waals surface area contributed by atoms with E-state index in [9.17, 15) is 4.79 Å². The highest BCUT2D eigenvalue weighted by Crippen LogP contribution is 2.16. The summed E-state index contributed by atoms with van der Waals surface area (Å²) in [5.41, 5.74) is 2.25. The second kappa shape index (κ2) is 10.1. The van der Waals surface area contributed by atoms with Crippen LogP contribution < -0.4 is 20.9 Å². The minimum absolute atomic E-state index is 0.0792. The Bertz CT molecular complexity index is 801. The summed E-state index contributed by atoms with van der Waals surface area (Å²) < 4.78 is 0. The van der Waals surface area contributed by atoms with Crippen molar-refractivity contribution in [3.63, 3.8) is 0 Å². The molecule has 1 saturated heterocycles. The fourth-order valence-corrected chi connectivity index (χ4v) is 3.87. The van der Waals surface area contributed by atoms with Crippen LogP contribution in [0, 0.1) is 0 Å². The smallest absolute Gasteiger partial charge is 0.239 e. The molecule has 0 saturated carbocycles. The molecular formula is C20H28N6OS. The highest BCUT2D eigenvalue weighted by Gasteiger charge is 2.16. The molecule has 0 unspecified atom stereocenters. The van der Waals surface area contributed by atoms with Gasteiger partial charge in [-0.3, -0.25) is 9.79 Å². The topological polar surface area (TPSA) is 81.7 Å². The summed E-state index contributed by atoms with van der Waals surface area (Å²) in [6.07, 6.45) is 3.90. The lowest BCUT2D eigenvalue weighted by molar-refractivity contribution is -0.120. The summed E-state index contributed by atoms with van der Waals surface area (Å²) in [5.74, 6) is 0.861. The van der Waals surface area contributed by atoms with Gasteiger partial charge in [-0.25, -0.2) is 4.98 Å². The van der Waals surface area contributed by atoms with Gasteiger partial charge in [0.25, 0.3) is 0 Å². The van der Waals surface area contributed by atoms with E-state index < -0.39 is 0 Å². The van der Waals surface area contributed by atoms with Crippen molar-refractivity contribution in [2.45, 2.75) is 26.3 Å². The van der Waals surface area contributed by atoms with E-state index in [1.807, 2.05) is 6.20 Å². The molecule has 1 aliphatic heterocycles. The summed E-state index contributed by atoms with van der Waals surface area (Å²) in [5, 5.41) is 10.7. The van der Waals surface area contributed by atoms with Gasteiger partial charge in [0.1, 0.15) is 0 Å². The number of amides is 1. The average molecular weight is 401 g/mol. The molecule has 1 aliphatic rings. The number of carbonyl (C=O) groups is 1. The number of nitrogens with one attached hydrogen (secondary N) is 3. The van der Waals surface area contributed by atoms with E-state index in [-0.39, 0.29) is 5.91 Å². The van der Waals surface area contributed by atoms with Crippen molar-refractivity contribution in [2.75, 3.05) is 38.1 Å². The van der Waals surface area contributed by atoms with E-state index in [0.29, 0.717) is 19.6 Å². The Morgan fingerprint density at radius 2 is 2.14 bits per heavy atom. The largest absolute Gasteiger partial charge is 0.360 e. The minimum atomic E-state index is 0.0792. The summed E-state index contributed by atoms with van der Waals surface area (Å²) in [4.78, 5) is 23.7. The second-order valence-electron chi connectivity index (χ2n) is 6.61. The van der Waals surface area contributed by atoms with Crippen molar-refractivity contribution in [2.24, 2.45) is 4.99 Å². The SMILES string of the molecule is CCc1cnc(CCNC(=NC)NCc2ccc(N3CCNC(=O)C3)cc2)s1. The number of hydrogen-bond acceptors (Lipinski definition) is 5. The Kier molecular flexibility index (Phi) is 7.25. The standard InChI is InChI=1S/C20H28N6OS/c1-3-17-13-24-19(28-17)8-9-23-20(21-2)25-12-15-4-6-16(7-5-15)26-11-10-22-18(27)14-26/h4-7,13H,3,8-12,14H2,1-2H3,(H,22,27)(H2,21,23,25). The molecule has 0 atom stereocenters. The Hall–Kier alpha value is -2.61. The van der Waals surface area contributed by atoms with Crippen LogP contribution in [0.15, 0.2) is 35.5 Å². The Labute approximate surface area is 170 Å². The maximum atomic E-state index is 11.5. The van der Waals surface area contributed by atoms with Crippen molar-refractivity contribution in [1.82, 2.24) is 20.9 Å². The van der Waals surface area contributed by atoms with Crippen LogP contribution in [0.1, 0.15) is 22.4 Å². The first kappa shape index (κ1) is 20.1. The number of nitrogens with zero attached hydrogens (tertiary/aromatic N) is 3. The third-order valence-electron chi connectivity index (χ3n) is 4.60. The average Bonchev–Trinajstić information content (AvgIpc) is 3.19. The third kappa shape index (κ3) is 5.69. The molecule has 2 aromatic rings. The van der Waals surface area contributed by atoms with Crippen LogP contribution in [0.25, 0.3) is 0 Å². The number of guanidine groups is 1. The van der Waals surface area contributed by atoms with Gasteiger partial charge in [-0.05, 0) is 24.1 Å². The first-order chi connectivity index (χ1) is 13.7. The monoisotopic (exact) mass is 400 g/mol. The van der Waals surface area contributed by atoms with Crippen LogP contribution in [0.2, 0.25) is 0 Å². The van der Waals surface area contributed by atoms with E-state index in [1.54, 1.807) is 18.4 Å². The highest BCUT2D eigenvalue weighted by atomic mass is 32.1. The van der Waals surface area contributed by atoms with Crippen molar-refractivity contribution in [3.05, 3.63) is 45.9 Å². The molecule has 1 aromatic carbocycles. The van der Waals surface area contributed by atoms with E-state index >= 15 is 0 Å². The molecule has 7 nitrogen and oxygen atoms in total. The van der Waals surface area contributed by atoms with E-state index in [1.165, 1.54) is 10.4 Å². The number of carbonyl (C=O) groups excluding carboxylic acids is 1. The van der Waals surface area contributed by atoms with Gasteiger partial charge in [-0.15, -0.1) is 11.3 Å². The molecule has 0 spiro atoms. The summed E-state index contributed by atoms with van der Waals surface area (Å²) in [7, 11) is 1.78. The van der Waals surface area contributed by atoms with Crippen molar-refractivity contribution < 1.29 is 4.79 Å². The Balaban J connectivity index is 1.43. The molecule has 28 heavy (non-hydrogen) atoms. The van der Waals surface area contributed by atoms with Crippen molar-refractivity contribution >= 4 is 28.9 Å². The van der Waals surface area contributed by atoms with Crippen LogP contribution in [0.5, 0.6) is 0 Å². The van der Waals surface area contributed by atoms with Crippen molar-refractivity contribution in [3.8, 4) is 0 Å². The van der Waals surface area contributed by atoms with Crippen LogP contribution in [0.3, 0.4) is 0 Å². The van der Waals surface area contributed by atoms with E-state index in [4.69, 9.17) is 0 Å². The van der Waals surface area contributed by atoms with Crippen LogP contribution in [-0.4, -0.2) is 50.1 Å². The summed E-state index contributed by atoms with van der Waals surface area (Å²) in [6.45, 7) is 5.61. The first-order valence-corrected chi connectivity index (χ1v) is 10.5. The molecule has 0 bridgehead atoms. The normalized spacial score (nSPS) is 14.7. The molecule has 1 aromatic heterocycles. The zero-order valence-electron chi connectivity index (χ0n) is 16.5. The molecule has 1 amide bonds. The molecule has 1 fully saturated rings. The molecule has 8 heteroatoms. The summed E-state index contributed by atoms with van der Waals surface area (Å²) >= 11 is 1.78. The van der Waals surface area contributed by atoms with Crippen LogP contribution >= 0.6 is 11.3 Å². The number of thiazole rings is 1. The zero-order chi connectivity index (χ0) is 19.8. The fourth-order valence-electron chi connectivity index (χ4n) is 3.00. The van der Waals surface area contributed by atoms with Crippen LogP contribution in [0.4, 0.5) is 5.69 Å². The molecule has 0 aliphatic carbocycles. The fraction of sp³-hybridized carbons (Fsp3) is 0.450. The first-order valence-electron chi connectivity index (χ1n) is 9.66. The van der Waals surface area contributed by atoms with Gasteiger partial charge in [-0.2, -0.15) is 0 Å². The Morgan fingerprint density at radius 3 is 2.82 bits per heavy atom. The highest BCUT2D eigenvalue weighted by molar-refractivity contribution is 7.11. The van der Waals surface area contributed by atoms with Gasteiger partial charge in [-0.1, -0.05) is 19.1 Å². The number of hydrogen-bond donors (Lipinski definition) is 3. The third-order valence-corrected chi connectivity index (χ3v) is 5.81. The lowest BCUT2D eigenvalue weighted by Gasteiger charge is -2.28. The molecule has 2 heterocycles. The number of piperazine rings is 1. The van der Waals surface area contributed by atoms with Gasteiger partial charge < -0.3 is 20.9 Å². The second-order valence-corrected chi connectivity index (χ2v) is 7.81. The number of benzene rings is 1. The maximum absolute atomic E-state index is 11.5. The van der Waals surface area contributed by atoms with E-state index in [0.717, 1.165) is 42.6 Å². The van der Waals surface area contributed by atoms with Crippen LogP contribution in [-0.2, 0) is 24.2 Å². The predicted molar refractivity (Wildman–Crippen MR) is 115 cm³/mol. The minimum Gasteiger partial charge on any atom is -0.360 e. The number of rotatable bonds is 7. The molecule has 150 valence electrons. The Morgan fingerprint density at radius 1 is 1.32 bits per heavy atom. The van der Waals surface area contributed by atoms with Gasteiger partial charge in [0.2, 0.25) is 5.91 Å². The molecule has 0 radical (unpaired) electrons. The molecule has 3 rings (SSSR count). The lowest BCUT2D eigenvalue weighted by atomic mass is 10.2. The van der Waals surface area contributed by atoms with Crippen molar-refractivity contribution in [1.29, 1.82) is 0 Å². The van der Waals surface area contributed by atoms with Gasteiger partial charge in [0.15, 0.2) is 5.96 Å². The predicted octanol–water partition coefficient (Wildman–Crippen LogP) is 1.55. The quantitative estimate of drug-likeness (QED) is 0.485. The van der Waals surface area contributed by atoms with Gasteiger partial charge in [0.05, 0.1) is 11.6 Å². The zero-order valence-corrected chi connectivity index (χ0v) is 17.3. The van der Waals surface area contributed by atoms with E-state index in [2.05, 4.69) is 62.0 Å². The number of anilines is 1. The number of aryl methyl sites for hydroxylation is 1. The van der Waals surface area contributed by atoms with Gasteiger partial charge >= 0.3 is 0 Å². The summed E-state index contributed by atoms with van der Waals surface area (Å²) in [6, 6.07) is 8.31. The van der Waals surface area contributed by atoms with Gasteiger partial charge in [0, 0.05) is 56.4 Å². The lowest BCUT2D eigenvalue weighted by Crippen LogP contribution is -2.47. The molecular weight excluding hydrogens is 372 g/mol. The number of aliphatic imine (C=N–C) groups is 1.